The zero-order chi connectivity index (χ0) is 20.0. The molecular weight excluding hydrogens is 372 g/mol. The van der Waals surface area contributed by atoms with Crippen LogP contribution < -0.4 is 5.73 Å². The van der Waals surface area contributed by atoms with Gasteiger partial charge in [0, 0.05) is 23.6 Å². The van der Waals surface area contributed by atoms with E-state index in [9.17, 15) is 8.78 Å². The highest BCUT2D eigenvalue weighted by atomic mass is 19.1. The summed E-state index contributed by atoms with van der Waals surface area (Å²) in [5.74, 6) is -0.598. The first kappa shape index (κ1) is 17.2. The first-order valence-corrected chi connectivity index (χ1v) is 9.01. The largest absolute Gasteiger partial charge is 0.369 e. The number of nitrogen functional groups attached to an aromatic ring is 1. The summed E-state index contributed by atoms with van der Waals surface area (Å²) in [5, 5.41) is 0.614. The molecule has 3 aromatic heterocycles. The number of fused-ring (bicyclic) bond motifs is 3. The molecular formula is C22H15F2N5. The van der Waals surface area contributed by atoms with Gasteiger partial charge in [-0.2, -0.15) is 0 Å². The van der Waals surface area contributed by atoms with E-state index >= 15 is 0 Å². The van der Waals surface area contributed by atoms with Crippen molar-refractivity contribution in [3.8, 4) is 11.3 Å². The molecule has 0 bridgehead atoms. The van der Waals surface area contributed by atoms with Crippen molar-refractivity contribution in [1.29, 1.82) is 0 Å². The smallest absolute Gasteiger partial charge is 0.206 e. The van der Waals surface area contributed by atoms with Crippen LogP contribution in [0.3, 0.4) is 0 Å². The van der Waals surface area contributed by atoms with Crippen molar-refractivity contribution in [3.05, 3.63) is 89.9 Å². The Bertz CT molecular complexity index is 1340. The predicted octanol–water partition coefficient (Wildman–Crippen LogP) is 4.40. The van der Waals surface area contributed by atoms with E-state index in [4.69, 9.17) is 5.73 Å². The van der Waals surface area contributed by atoms with Crippen LogP contribution in [-0.4, -0.2) is 19.4 Å². The van der Waals surface area contributed by atoms with Crippen LogP contribution in [-0.2, 0) is 6.42 Å². The Labute approximate surface area is 164 Å². The summed E-state index contributed by atoms with van der Waals surface area (Å²) in [6, 6.07) is 15.6. The monoisotopic (exact) mass is 387 g/mol. The first-order valence-electron chi connectivity index (χ1n) is 9.01. The Morgan fingerprint density at radius 1 is 0.931 bits per heavy atom. The highest BCUT2D eigenvalue weighted by Crippen LogP contribution is 2.24. The predicted molar refractivity (Wildman–Crippen MR) is 107 cm³/mol. The third-order valence-electron chi connectivity index (χ3n) is 4.82. The third-order valence-corrected chi connectivity index (χ3v) is 4.82. The van der Waals surface area contributed by atoms with E-state index in [0.29, 0.717) is 23.1 Å². The fraction of sp³-hybridized carbons (Fsp3) is 0.0455. The van der Waals surface area contributed by atoms with Gasteiger partial charge in [0.2, 0.25) is 5.95 Å². The molecule has 29 heavy (non-hydrogen) atoms. The quantitative estimate of drug-likeness (QED) is 0.498. The minimum atomic E-state index is -0.425. The van der Waals surface area contributed by atoms with Gasteiger partial charge in [0.05, 0.1) is 17.6 Å². The van der Waals surface area contributed by atoms with Crippen LogP contribution in [0, 0.1) is 11.6 Å². The number of para-hydroxylation sites is 1. The van der Waals surface area contributed by atoms with Gasteiger partial charge in [-0.1, -0.05) is 30.3 Å². The summed E-state index contributed by atoms with van der Waals surface area (Å²) in [5.41, 5.74) is 10.2. The molecule has 0 amide bonds. The number of aromatic nitrogens is 4. The molecule has 0 saturated carbocycles. The number of anilines is 1. The maximum absolute atomic E-state index is 14.1. The second-order valence-electron chi connectivity index (χ2n) is 6.77. The lowest BCUT2D eigenvalue weighted by Gasteiger charge is -2.03. The van der Waals surface area contributed by atoms with Crippen LogP contribution in [0.15, 0.2) is 67.0 Å². The molecule has 0 aliphatic carbocycles. The number of imidazole rings is 1. The van der Waals surface area contributed by atoms with Gasteiger partial charge in [0.15, 0.2) is 0 Å². The molecule has 0 fully saturated rings. The van der Waals surface area contributed by atoms with Crippen molar-refractivity contribution in [2.45, 2.75) is 6.42 Å². The number of halogens is 2. The van der Waals surface area contributed by atoms with Gasteiger partial charge in [0.1, 0.15) is 22.8 Å². The molecule has 0 radical (unpaired) electrons. The SMILES string of the molecule is Nc1nc2c(F)cccc2c2nc(Cc3ccc(-c4ccc(F)cn4)cc3)cn12. The summed E-state index contributed by atoms with van der Waals surface area (Å²) < 4.78 is 28.8. The lowest BCUT2D eigenvalue weighted by Crippen LogP contribution is -2.01. The summed E-state index contributed by atoms with van der Waals surface area (Å²) in [6.07, 6.45) is 3.60. The average Bonchev–Trinajstić information content (AvgIpc) is 3.15. The van der Waals surface area contributed by atoms with E-state index in [-0.39, 0.29) is 17.3 Å². The maximum Gasteiger partial charge on any atom is 0.206 e. The number of hydrogen-bond acceptors (Lipinski definition) is 4. The van der Waals surface area contributed by atoms with E-state index in [1.165, 1.54) is 18.3 Å². The Kier molecular flexibility index (Phi) is 3.94. The van der Waals surface area contributed by atoms with Gasteiger partial charge in [-0.05, 0) is 29.8 Å². The molecule has 3 heterocycles. The van der Waals surface area contributed by atoms with Crippen molar-refractivity contribution in [2.75, 3.05) is 5.73 Å². The molecule has 0 aliphatic heterocycles. The summed E-state index contributed by atoms with van der Waals surface area (Å²) in [7, 11) is 0. The van der Waals surface area contributed by atoms with Gasteiger partial charge in [-0.15, -0.1) is 0 Å². The third kappa shape index (κ3) is 3.06. The Morgan fingerprint density at radius 3 is 2.52 bits per heavy atom. The van der Waals surface area contributed by atoms with Crippen LogP contribution in [0.2, 0.25) is 0 Å². The Balaban J connectivity index is 1.49. The molecule has 2 aromatic carbocycles. The second kappa shape index (κ2) is 6.63. The van der Waals surface area contributed by atoms with Crippen molar-refractivity contribution >= 4 is 22.5 Å². The molecule has 5 aromatic rings. The van der Waals surface area contributed by atoms with Gasteiger partial charge in [-0.25, -0.2) is 18.7 Å². The van der Waals surface area contributed by atoms with E-state index in [1.807, 2.05) is 30.5 Å². The summed E-state index contributed by atoms with van der Waals surface area (Å²) >= 11 is 0. The van der Waals surface area contributed by atoms with E-state index in [1.54, 1.807) is 22.6 Å². The first-order chi connectivity index (χ1) is 14.1. The molecule has 0 saturated heterocycles. The summed E-state index contributed by atoms with van der Waals surface area (Å²) in [4.78, 5) is 12.9. The van der Waals surface area contributed by atoms with Gasteiger partial charge in [-0.3, -0.25) is 9.38 Å². The van der Waals surface area contributed by atoms with Crippen LogP contribution in [0.25, 0.3) is 27.8 Å². The molecule has 7 heteroatoms. The topological polar surface area (TPSA) is 69.1 Å². The molecule has 0 unspecified atom stereocenters. The minimum absolute atomic E-state index is 0.189. The highest BCUT2D eigenvalue weighted by molar-refractivity contribution is 5.92. The molecule has 2 N–H and O–H groups in total. The second-order valence-corrected chi connectivity index (χ2v) is 6.77. The van der Waals surface area contributed by atoms with E-state index in [0.717, 1.165) is 16.8 Å². The zero-order valence-electron chi connectivity index (χ0n) is 15.2. The van der Waals surface area contributed by atoms with Crippen molar-refractivity contribution in [2.24, 2.45) is 0 Å². The lowest BCUT2D eigenvalue weighted by molar-refractivity contribution is 0.622. The standard InChI is InChI=1S/C22H15F2N5/c23-15-8-9-19(26-11-15)14-6-4-13(5-7-14)10-16-12-29-21(27-16)17-2-1-3-18(24)20(17)28-22(29)25/h1-9,11-12H,10H2,(H2,25,28). The van der Waals surface area contributed by atoms with Crippen LogP contribution in [0.5, 0.6) is 0 Å². The lowest BCUT2D eigenvalue weighted by atomic mass is 10.1. The Hall–Kier alpha value is -3.87. The normalized spacial score (nSPS) is 11.4. The van der Waals surface area contributed by atoms with Crippen molar-refractivity contribution in [1.82, 2.24) is 19.4 Å². The number of rotatable bonds is 3. The number of nitrogens with zero attached hydrogens (tertiary/aromatic N) is 4. The number of benzene rings is 2. The summed E-state index contributed by atoms with van der Waals surface area (Å²) in [6.45, 7) is 0. The molecule has 5 rings (SSSR count). The minimum Gasteiger partial charge on any atom is -0.369 e. The molecule has 0 aliphatic rings. The zero-order valence-corrected chi connectivity index (χ0v) is 15.2. The van der Waals surface area contributed by atoms with Crippen LogP contribution >= 0.6 is 0 Å². The molecule has 142 valence electrons. The Morgan fingerprint density at radius 2 is 1.76 bits per heavy atom. The average molecular weight is 387 g/mol. The molecule has 0 spiro atoms. The van der Waals surface area contributed by atoms with Gasteiger partial charge >= 0.3 is 0 Å². The van der Waals surface area contributed by atoms with E-state index < -0.39 is 5.82 Å². The van der Waals surface area contributed by atoms with E-state index in [2.05, 4.69) is 15.0 Å². The van der Waals surface area contributed by atoms with Gasteiger partial charge < -0.3 is 5.73 Å². The van der Waals surface area contributed by atoms with Crippen LogP contribution in [0.1, 0.15) is 11.3 Å². The van der Waals surface area contributed by atoms with Crippen molar-refractivity contribution < 1.29 is 8.78 Å². The number of nitrogens with two attached hydrogens (primary N) is 1. The molecule has 0 atom stereocenters. The highest BCUT2D eigenvalue weighted by Gasteiger charge is 2.13. The molecule has 5 nitrogen and oxygen atoms in total. The fourth-order valence-electron chi connectivity index (χ4n) is 3.41. The number of pyridine rings is 1. The maximum atomic E-state index is 14.1. The van der Waals surface area contributed by atoms with Crippen LogP contribution in [0.4, 0.5) is 14.7 Å². The van der Waals surface area contributed by atoms with Gasteiger partial charge in [0.25, 0.3) is 0 Å². The number of hydrogen-bond donors (Lipinski definition) is 1. The fourth-order valence-corrected chi connectivity index (χ4v) is 3.41. The van der Waals surface area contributed by atoms with Crippen molar-refractivity contribution in [3.63, 3.8) is 0 Å².